The van der Waals surface area contributed by atoms with Crippen molar-refractivity contribution in [2.24, 2.45) is 5.92 Å². The van der Waals surface area contributed by atoms with Crippen LogP contribution in [0, 0.1) is 17.6 Å². The first-order valence-corrected chi connectivity index (χ1v) is 9.94. The van der Waals surface area contributed by atoms with Crippen LogP contribution in [0.25, 0.3) is 0 Å². The molecule has 0 saturated carbocycles. The van der Waals surface area contributed by atoms with Gasteiger partial charge in [0.1, 0.15) is 17.7 Å². The number of carbonyl (C=O) groups is 1. The van der Waals surface area contributed by atoms with Crippen molar-refractivity contribution >= 4 is 5.97 Å². The SMILES string of the molecule is COC(=O)[C@@H]1[C@H]2CC[C@@H](C[C@H]1OC(c1ccc(F)cc1)c1ccc(F)cc1)N2C. The number of carbonyl (C=O) groups excluding carboxylic acids is 1. The van der Waals surface area contributed by atoms with Crippen molar-refractivity contribution in [2.45, 2.75) is 43.6 Å². The summed E-state index contributed by atoms with van der Waals surface area (Å²) in [6, 6.07) is 12.6. The molecule has 4 atom stereocenters. The predicted molar refractivity (Wildman–Crippen MR) is 104 cm³/mol. The van der Waals surface area contributed by atoms with Crippen LogP contribution < -0.4 is 0 Å². The summed E-state index contributed by atoms with van der Waals surface area (Å²) in [6.07, 6.45) is 1.80. The summed E-state index contributed by atoms with van der Waals surface area (Å²) in [5, 5.41) is 0. The van der Waals surface area contributed by atoms with Crippen molar-refractivity contribution in [3.63, 3.8) is 0 Å². The van der Waals surface area contributed by atoms with Gasteiger partial charge in [-0.2, -0.15) is 0 Å². The number of halogens is 2. The lowest BCUT2D eigenvalue weighted by atomic mass is 9.87. The monoisotopic (exact) mass is 401 g/mol. The largest absolute Gasteiger partial charge is 0.469 e. The lowest BCUT2D eigenvalue weighted by Gasteiger charge is -2.42. The number of hydrogen-bond acceptors (Lipinski definition) is 4. The molecule has 4 nitrogen and oxygen atoms in total. The topological polar surface area (TPSA) is 38.8 Å². The molecule has 0 amide bonds. The summed E-state index contributed by atoms with van der Waals surface area (Å²) in [7, 11) is 3.45. The smallest absolute Gasteiger partial charge is 0.312 e. The highest BCUT2D eigenvalue weighted by atomic mass is 19.1. The number of esters is 1. The molecule has 2 aliphatic heterocycles. The van der Waals surface area contributed by atoms with Crippen molar-refractivity contribution in [3.8, 4) is 0 Å². The van der Waals surface area contributed by atoms with Gasteiger partial charge in [0.25, 0.3) is 0 Å². The van der Waals surface area contributed by atoms with E-state index in [0.717, 1.165) is 24.0 Å². The van der Waals surface area contributed by atoms with Crippen LogP contribution in [-0.2, 0) is 14.3 Å². The zero-order valence-corrected chi connectivity index (χ0v) is 16.6. The van der Waals surface area contributed by atoms with E-state index in [1.807, 2.05) is 7.05 Å². The molecule has 0 radical (unpaired) electrons. The molecule has 2 aromatic carbocycles. The van der Waals surface area contributed by atoms with E-state index in [1.165, 1.54) is 31.4 Å². The predicted octanol–water partition coefficient (Wildman–Crippen LogP) is 4.10. The Kier molecular flexibility index (Phi) is 5.65. The molecule has 0 aliphatic carbocycles. The van der Waals surface area contributed by atoms with E-state index in [2.05, 4.69) is 4.90 Å². The van der Waals surface area contributed by atoms with Gasteiger partial charge in [-0.15, -0.1) is 0 Å². The van der Waals surface area contributed by atoms with Crippen LogP contribution >= 0.6 is 0 Å². The van der Waals surface area contributed by atoms with Gasteiger partial charge in [-0.05, 0) is 61.7 Å². The van der Waals surface area contributed by atoms with Crippen LogP contribution in [0.4, 0.5) is 8.78 Å². The summed E-state index contributed by atoms with van der Waals surface area (Å²) in [4.78, 5) is 14.9. The van der Waals surface area contributed by atoms with Crippen LogP contribution in [-0.4, -0.2) is 43.2 Å². The third-order valence-electron chi connectivity index (χ3n) is 6.34. The highest BCUT2D eigenvalue weighted by Crippen LogP contribution is 2.42. The van der Waals surface area contributed by atoms with Gasteiger partial charge in [-0.3, -0.25) is 9.69 Å². The second kappa shape index (κ2) is 8.20. The Labute approximate surface area is 169 Å². The number of rotatable bonds is 5. The van der Waals surface area contributed by atoms with Gasteiger partial charge in [0.2, 0.25) is 0 Å². The first-order valence-electron chi connectivity index (χ1n) is 9.94. The molecule has 2 bridgehead atoms. The second-order valence-corrected chi connectivity index (χ2v) is 7.91. The normalized spacial score (nSPS) is 26.7. The number of benzene rings is 2. The first-order chi connectivity index (χ1) is 14.0. The first kappa shape index (κ1) is 20.0. The maximum Gasteiger partial charge on any atom is 0.312 e. The molecule has 2 fully saturated rings. The van der Waals surface area contributed by atoms with Crippen molar-refractivity contribution in [2.75, 3.05) is 14.2 Å². The average Bonchev–Trinajstić information content (AvgIpc) is 2.96. The molecule has 2 saturated heterocycles. The fourth-order valence-electron chi connectivity index (χ4n) is 4.81. The Morgan fingerprint density at radius 3 is 2.07 bits per heavy atom. The van der Waals surface area contributed by atoms with Crippen molar-refractivity contribution in [3.05, 3.63) is 71.3 Å². The molecule has 0 unspecified atom stereocenters. The van der Waals surface area contributed by atoms with E-state index in [4.69, 9.17) is 9.47 Å². The fourth-order valence-corrected chi connectivity index (χ4v) is 4.81. The quantitative estimate of drug-likeness (QED) is 0.708. The summed E-state index contributed by atoms with van der Waals surface area (Å²) in [5.74, 6) is -1.34. The Hall–Kier alpha value is -2.31. The van der Waals surface area contributed by atoms with Crippen molar-refractivity contribution in [1.82, 2.24) is 4.90 Å². The Morgan fingerprint density at radius 1 is 1.00 bits per heavy atom. The van der Waals surface area contributed by atoms with Crippen LogP contribution in [0.5, 0.6) is 0 Å². The second-order valence-electron chi connectivity index (χ2n) is 7.91. The number of methoxy groups -OCH3 is 1. The van der Waals surface area contributed by atoms with E-state index in [1.54, 1.807) is 24.3 Å². The summed E-state index contributed by atoms with van der Waals surface area (Å²) in [5.41, 5.74) is 1.51. The summed E-state index contributed by atoms with van der Waals surface area (Å²) >= 11 is 0. The average molecular weight is 401 g/mol. The van der Waals surface area contributed by atoms with Crippen LogP contribution in [0.3, 0.4) is 0 Å². The minimum Gasteiger partial charge on any atom is -0.469 e. The van der Waals surface area contributed by atoms with Crippen LogP contribution in [0.15, 0.2) is 48.5 Å². The molecule has 4 rings (SSSR count). The third-order valence-corrected chi connectivity index (χ3v) is 6.34. The van der Waals surface area contributed by atoms with Crippen LogP contribution in [0.1, 0.15) is 36.5 Å². The van der Waals surface area contributed by atoms with E-state index >= 15 is 0 Å². The molecular formula is C23H25F2NO3. The number of piperidine rings is 1. The number of nitrogens with zero attached hydrogens (tertiary/aromatic N) is 1. The molecule has 6 heteroatoms. The van der Waals surface area contributed by atoms with Crippen molar-refractivity contribution in [1.29, 1.82) is 0 Å². The molecular weight excluding hydrogens is 376 g/mol. The molecule has 2 heterocycles. The number of ether oxygens (including phenoxy) is 2. The van der Waals surface area contributed by atoms with Gasteiger partial charge in [0.15, 0.2) is 0 Å². The molecule has 0 spiro atoms. The van der Waals surface area contributed by atoms with Gasteiger partial charge in [-0.1, -0.05) is 24.3 Å². The highest BCUT2D eigenvalue weighted by molar-refractivity contribution is 5.74. The van der Waals surface area contributed by atoms with E-state index < -0.39 is 12.0 Å². The lowest BCUT2D eigenvalue weighted by Crippen LogP contribution is -2.53. The van der Waals surface area contributed by atoms with Gasteiger partial charge < -0.3 is 9.47 Å². The number of hydrogen-bond donors (Lipinski definition) is 0. The Bertz CT molecular complexity index is 810. The molecule has 154 valence electrons. The molecule has 0 aromatic heterocycles. The molecule has 2 aromatic rings. The number of fused-ring (bicyclic) bond motifs is 2. The van der Waals surface area contributed by atoms with Crippen molar-refractivity contribution < 1.29 is 23.0 Å². The van der Waals surface area contributed by atoms with Gasteiger partial charge in [0.05, 0.1) is 19.1 Å². The van der Waals surface area contributed by atoms with E-state index in [0.29, 0.717) is 12.5 Å². The minimum absolute atomic E-state index is 0.0771. The zero-order valence-electron chi connectivity index (χ0n) is 16.6. The fraction of sp³-hybridized carbons (Fsp3) is 0.435. The lowest BCUT2D eigenvalue weighted by molar-refractivity contribution is -0.162. The summed E-state index contributed by atoms with van der Waals surface area (Å²) < 4.78 is 38.6. The van der Waals surface area contributed by atoms with Gasteiger partial charge in [-0.25, -0.2) is 8.78 Å². The maximum atomic E-state index is 13.5. The zero-order chi connectivity index (χ0) is 20.5. The third kappa shape index (κ3) is 3.91. The maximum absolute atomic E-state index is 13.5. The Morgan fingerprint density at radius 2 is 1.55 bits per heavy atom. The highest BCUT2D eigenvalue weighted by Gasteiger charge is 2.50. The van der Waals surface area contributed by atoms with Crippen LogP contribution in [0.2, 0.25) is 0 Å². The molecule has 0 N–H and O–H groups in total. The molecule has 29 heavy (non-hydrogen) atoms. The van der Waals surface area contributed by atoms with E-state index in [-0.39, 0.29) is 29.7 Å². The minimum atomic E-state index is -0.531. The molecule has 2 aliphatic rings. The van der Waals surface area contributed by atoms with E-state index in [9.17, 15) is 13.6 Å². The van der Waals surface area contributed by atoms with Gasteiger partial charge >= 0.3 is 5.97 Å². The Balaban J connectivity index is 1.68. The summed E-state index contributed by atoms with van der Waals surface area (Å²) in [6.45, 7) is 0. The standard InChI is InChI=1S/C23H25F2NO3/c1-26-18-11-12-19(26)21(23(27)28-2)20(13-18)29-22(14-3-7-16(24)8-4-14)15-5-9-17(25)10-6-15/h3-10,18-22H,11-13H2,1-2H3/t18-,19+,20+,21+/m0/s1. The van der Waals surface area contributed by atoms with Gasteiger partial charge in [0, 0.05) is 12.1 Å².